The molecule has 2 aromatic heterocycles. The quantitative estimate of drug-likeness (QED) is 0.278. The normalized spacial score (nSPS) is 11.4. The summed E-state index contributed by atoms with van der Waals surface area (Å²) in [5.41, 5.74) is 5.28. The van der Waals surface area contributed by atoms with Gasteiger partial charge in [-0.3, -0.25) is 0 Å². The van der Waals surface area contributed by atoms with Crippen molar-refractivity contribution in [1.29, 1.82) is 0 Å². The Morgan fingerprint density at radius 2 is 0.848 bits per heavy atom. The third-order valence-electron chi connectivity index (χ3n) is 6.12. The molecule has 2 heterocycles. The van der Waals surface area contributed by atoms with E-state index in [1.807, 2.05) is 0 Å². The Hall–Kier alpha value is -3.52. The van der Waals surface area contributed by atoms with Crippen LogP contribution in [0.1, 0.15) is 11.1 Å². The number of hydrogen-bond acceptors (Lipinski definition) is 0. The summed E-state index contributed by atoms with van der Waals surface area (Å²) in [6.07, 6.45) is 4.75. The number of nitrogens with zero attached hydrogens (tertiary/aromatic N) is 2. The van der Waals surface area contributed by atoms with Crippen molar-refractivity contribution in [3.8, 4) is 0 Å². The number of fused-ring (bicyclic) bond motifs is 2. The van der Waals surface area contributed by atoms with E-state index in [2.05, 4.69) is 131 Å². The summed E-state index contributed by atoms with van der Waals surface area (Å²) in [5.74, 6) is 0. The molecule has 0 aliphatic rings. The van der Waals surface area contributed by atoms with Gasteiger partial charge < -0.3 is 0 Å². The average molecular weight is 491 g/mol. The molecule has 33 heavy (non-hydrogen) atoms. The van der Waals surface area contributed by atoms with Crippen LogP contribution in [0.25, 0.3) is 21.8 Å². The van der Waals surface area contributed by atoms with Crippen LogP contribution in [0.5, 0.6) is 0 Å². The van der Waals surface area contributed by atoms with Crippen molar-refractivity contribution in [2.45, 2.75) is 13.1 Å². The van der Waals surface area contributed by atoms with Gasteiger partial charge in [0.15, 0.2) is 0 Å². The van der Waals surface area contributed by atoms with Crippen molar-refractivity contribution >= 4 is 45.7 Å². The van der Waals surface area contributed by atoms with Crippen LogP contribution >= 0.6 is 0 Å². The molecule has 6 aromatic rings. The summed E-state index contributed by atoms with van der Waals surface area (Å²) < 4.78 is 7.70. The van der Waals surface area contributed by atoms with E-state index < -0.39 is 0 Å². The number of aromatic nitrogens is 2. The van der Waals surface area contributed by atoms with Crippen LogP contribution in [-0.4, -0.2) is 24.1 Å². The van der Waals surface area contributed by atoms with Crippen LogP contribution in [-0.2, 0) is 13.1 Å². The van der Waals surface area contributed by atoms with Crippen molar-refractivity contribution in [2.24, 2.45) is 0 Å². The Kier molecular flexibility index (Phi) is 5.35. The SMILES string of the molecule is c1ccc(Cn2cc([Se]c3cn(Cc4ccccc4)c4ccccc34)c3ccccc32)cc1. The molecule has 2 nitrogen and oxygen atoms in total. The van der Waals surface area contributed by atoms with E-state index in [1.165, 1.54) is 41.9 Å². The van der Waals surface area contributed by atoms with Gasteiger partial charge in [0, 0.05) is 0 Å². The van der Waals surface area contributed by atoms with Crippen LogP contribution in [0.4, 0.5) is 0 Å². The van der Waals surface area contributed by atoms with Crippen molar-refractivity contribution in [2.75, 3.05) is 0 Å². The second-order valence-electron chi connectivity index (χ2n) is 8.35. The number of para-hydroxylation sites is 2. The fourth-order valence-corrected chi connectivity index (χ4v) is 6.97. The minimum absolute atomic E-state index is 0.211. The van der Waals surface area contributed by atoms with Gasteiger partial charge in [-0.25, -0.2) is 0 Å². The van der Waals surface area contributed by atoms with E-state index in [-0.39, 0.29) is 15.0 Å². The van der Waals surface area contributed by atoms with Gasteiger partial charge in [0.1, 0.15) is 0 Å². The summed E-state index contributed by atoms with van der Waals surface area (Å²) >= 11 is 0.211. The van der Waals surface area contributed by atoms with Crippen molar-refractivity contribution < 1.29 is 0 Å². The Morgan fingerprint density at radius 1 is 0.455 bits per heavy atom. The Labute approximate surface area is 200 Å². The Bertz CT molecular complexity index is 1410. The van der Waals surface area contributed by atoms with Gasteiger partial charge in [-0.2, -0.15) is 0 Å². The van der Waals surface area contributed by atoms with Crippen LogP contribution in [0.2, 0.25) is 0 Å². The van der Waals surface area contributed by atoms with Crippen LogP contribution in [0.15, 0.2) is 122 Å². The first-order chi connectivity index (χ1) is 16.3. The molecule has 0 spiro atoms. The van der Waals surface area contributed by atoms with Gasteiger partial charge in [-0.1, -0.05) is 0 Å². The molecule has 0 unspecified atom stereocenters. The zero-order valence-corrected chi connectivity index (χ0v) is 20.0. The minimum atomic E-state index is 0.211. The molecule has 4 aromatic carbocycles. The van der Waals surface area contributed by atoms with E-state index in [4.69, 9.17) is 0 Å². The number of benzene rings is 4. The maximum atomic E-state index is 2.41. The molecule has 0 saturated heterocycles. The van der Waals surface area contributed by atoms with Gasteiger partial charge in [0.25, 0.3) is 0 Å². The molecule has 0 aliphatic carbocycles. The molecule has 0 saturated carbocycles. The topological polar surface area (TPSA) is 9.86 Å². The van der Waals surface area contributed by atoms with Crippen molar-refractivity contribution in [1.82, 2.24) is 9.13 Å². The molecule has 6 rings (SSSR count). The van der Waals surface area contributed by atoms with Gasteiger partial charge in [-0.05, 0) is 0 Å². The fourth-order valence-electron chi connectivity index (χ4n) is 4.53. The molecule has 0 bridgehead atoms. The molecule has 0 aliphatic heterocycles. The van der Waals surface area contributed by atoms with Crippen molar-refractivity contribution in [3.05, 3.63) is 133 Å². The third-order valence-corrected chi connectivity index (χ3v) is 8.40. The average Bonchev–Trinajstić information content (AvgIpc) is 3.39. The molecular formula is C30H24N2Se. The zero-order chi connectivity index (χ0) is 22.0. The predicted molar refractivity (Wildman–Crippen MR) is 140 cm³/mol. The molecule has 0 N–H and O–H groups in total. The van der Waals surface area contributed by atoms with Crippen molar-refractivity contribution in [3.63, 3.8) is 0 Å². The summed E-state index contributed by atoms with van der Waals surface area (Å²) in [4.78, 5) is 0. The first-order valence-corrected chi connectivity index (χ1v) is 13.0. The zero-order valence-electron chi connectivity index (χ0n) is 18.3. The van der Waals surface area contributed by atoms with E-state index >= 15 is 0 Å². The van der Waals surface area contributed by atoms with Gasteiger partial charge in [-0.15, -0.1) is 0 Å². The fraction of sp³-hybridized carbons (Fsp3) is 0.0667. The van der Waals surface area contributed by atoms with Gasteiger partial charge in [0.05, 0.1) is 0 Å². The predicted octanol–water partition coefficient (Wildman–Crippen LogP) is 5.35. The monoisotopic (exact) mass is 492 g/mol. The number of rotatable bonds is 6. The molecule has 0 atom stereocenters. The van der Waals surface area contributed by atoms with Crippen LogP contribution < -0.4 is 8.92 Å². The second-order valence-corrected chi connectivity index (χ2v) is 10.6. The Balaban J connectivity index is 1.40. The van der Waals surface area contributed by atoms with E-state index in [0.29, 0.717) is 0 Å². The maximum absolute atomic E-state index is 2.41. The Morgan fingerprint density at radius 3 is 1.30 bits per heavy atom. The first-order valence-electron chi connectivity index (χ1n) is 11.3. The van der Waals surface area contributed by atoms with Gasteiger partial charge in [0.2, 0.25) is 0 Å². The summed E-state index contributed by atoms with van der Waals surface area (Å²) in [6, 6.07) is 39.1. The van der Waals surface area contributed by atoms with E-state index in [1.54, 1.807) is 0 Å². The van der Waals surface area contributed by atoms with Crippen LogP contribution in [0.3, 0.4) is 0 Å². The molecule has 3 heteroatoms. The molecule has 0 radical (unpaired) electrons. The number of hydrogen-bond donors (Lipinski definition) is 0. The third kappa shape index (κ3) is 4.02. The summed E-state index contributed by atoms with van der Waals surface area (Å²) in [6.45, 7) is 1.79. The summed E-state index contributed by atoms with van der Waals surface area (Å²) in [5, 5.41) is 2.74. The summed E-state index contributed by atoms with van der Waals surface area (Å²) in [7, 11) is 0. The van der Waals surface area contributed by atoms with E-state index in [9.17, 15) is 0 Å². The molecule has 160 valence electrons. The molecular weight excluding hydrogens is 467 g/mol. The first kappa shape index (κ1) is 20.1. The van der Waals surface area contributed by atoms with Gasteiger partial charge >= 0.3 is 201 Å². The van der Waals surface area contributed by atoms with E-state index in [0.717, 1.165) is 13.1 Å². The molecule has 0 amide bonds. The molecule has 0 fully saturated rings. The standard InChI is InChI=1S/C30H24N2Se/c1-3-11-23(12-4-1)19-31-21-29(25-15-7-9-17-27(25)31)33-30-22-32(20-24-13-5-2-6-14-24)28-18-10-8-16-26(28)30/h1-18,21-22H,19-20H2. The van der Waals surface area contributed by atoms with Crippen LogP contribution in [0, 0.1) is 0 Å². The second kappa shape index (κ2) is 8.78.